The zero-order valence-corrected chi connectivity index (χ0v) is 15.6. The molecule has 0 atom stereocenters. The summed E-state index contributed by atoms with van der Waals surface area (Å²) in [4.78, 5) is 0. The van der Waals surface area contributed by atoms with Crippen LogP contribution in [0, 0.1) is 0 Å². The summed E-state index contributed by atoms with van der Waals surface area (Å²) in [6, 6.07) is 15.2. The van der Waals surface area contributed by atoms with Crippen LogP contribution in [-0.2, 0) is 12.5 Å². The number of H-pyrrole nitrogens is 1. The molecule has 128 valence electrons. The molecular weight excluding hydrogens is 306 g/mol. The highest BCUT2D eigenvalue weighted by Crippen LogP contribution is 2.40. The van der Waals surface area contributed by atoms with Gasteiger partial charge in [-0.2, -0.15) is 5.10 Å². The van der Waals surface area contributed by atoms with Crippen molar-refractivity contribution in [3.63, 3.8) is 0 Å². The minimum absolute atomic E-state index is 0.124. The Morgan fingerprint density at radius 1 is 0.960 bits per heavy atom. The molecule has 0 amide bonds. The molecule has 1 N–H and O–H groups in total. The molecule has 0 saturated carbocycles. The Bertz CT molecular complexity index is 1060. The molecule has 2 aromatic carbocycles. The van der Waals surface area contributed by atoms with Crippen LogP contribution in [0.3, 0.4) is 0 Å². The SMILES string of the molecule is CC(C)c1n[nH]c2c(C(C)(C)c3cn(C)c4ccccc34)cccc12. The molecule has 25 heavy (non-hydrogen) atoms. The minimum Gasteiger partial charge on any atom is -0.350 e. The second-order valence-corrected chi connectivity index (χ2v) is 7.79. The molecule has 3 heteroatoms. The largest absolute Gasteiger partial charge is 0.350 e. The Labute approximate surface area is 148 Å². The lowest BCUT2D eigenvalue weighted by Gasteiger charge is -2.26. The highest BCUT2D eigenvalue weighted by atomic mass is 15.1. The minimum atomic E-state index is -0.124. The van der Waals surface area contributed by atoms with Gasteiger partial charge in [-0.1, -0.05) is 64.1 Å². The van der Waals surface area contributed by atoms with Crippen LogP contribution in [-0.4, -0.2) is 14.8 Å². The van der Waals surface area contributed by atoms with Gasteiger partial charge < -0.3 is 4.57 Å². The summed E-state index contributed by atoms with van der Waals surface area (Å²) >= 11 is 0. The van der Waals surface area contributed by atoms with E-state index in [0.29, 0.717) is 5.92 Å². The third-order valence-corrected chi connectivity index (χ3v) is 5.42. The first-order valence-corrected chi connectivity index (χ1v) is 8.93. The number of aromatic amines is 1. The van der Waals surface area contributed by atoms with Crippen molar-refractivity contribution in [2.75, 3.05) is 0 Å². The fraction of sp³-hybridized carbons (Fsp3) is 0.318. The van der Waals surface area contributed by atoms with Crippen LogP contribution in [0.2, 0.25) is 0 Å². The van der Waals surface area contributed by atoms with Gasteiger partial charge in [0.2, 0.25) is 0 Å². The lowest BCUT2D eigenvalue weighted by molar-refractivity contribution is 0.648. The molecule has 3 nitrogen and oxygen atoms in total. The molecule has 0 spiro atoms. The highest BCUT2D eigenvalue weighted by Gasteiger charge is 2.29. The van der Waals surface area contributed by atoms with E-state index in [4.69, 9.17) is 0 Å². The average molecular weight is 331 g/mol. The fourth-order valence-corrected chi connectivity index (χ4v) is 4.01. The van der Waals surface area contributed by atoms with Crippen molar-refractivity contribution in [1.82, 2.24) is 14.8 Å². The van der Waals surface area contributed by atoms with Gasteiger partial charge >= 0.3 is 0 Å². The number of nitrogens with one attached hydrogen (secondary N) is 1. The lowest BCUT2D eigenvalue weighted by Crippen LogP contribution is -2.19. The number of hydrogen-bond acceptors (Lipinski definition) is 1. The van der Waals surface area contributed by atoms with Gasteiger partial charge in [-0.25, -0.2) is 0 Å². The van der Waals surface area contributed by atoms with Gasteiger partial charge in [0.25, 0.3) is 0 Å². The molecule has 2 heterocycles. The molecule has 0 fully saturated rings. The smallest absolute Gasteiger partial charge is 0.0726 e. The van der Waals surface area contributed by atoms with E-state index in [1.807, 2.05) is 0 Å². The van der Waals surface area contributed by atoms with Crippen LogP contribution >= 0.6 is 0 Å². The fourth-order valence-electron chi connectivity index (χ4n) is 4.01. The van der Waals surface area contributed by atoms with Crippen LogP contribution in [0.4, 0.5) is 0 Å². The second-order valence-electron chi connectivity index (χ2n) is 7.79. The van der Waals surface area contributed by atoms with Crippen LogP contribution in [0.15, 0.2) is 48.7 Å². The standard InChI is InChI=1S/C22H25N3/c1-14(2)20-16-10-8-11-17(21(16)24-23-20)22(3,4)18-13-25(5)19-12-7-6-9-15(18)19/h6-14H,1-5H3,(H,23,24). The van der Waals surface area contributed by atoms with Crippen molar-refractivity contribution in [3.8, 4) is 0 Å². The number of rotatable bonds is 3. The molecule has 0 aliphatic heterocycles. The van der Waals surface area contributed by atoms with Crippen LogP contribution in [0.5, 0.6) is 0 Å². The summed E-state index contributed by atoms with van der Waals surface area (Å²) < 4.78 is 2.22. The molecule has 2 aromatic heterocycles. The Hall–Kier alpha value is -2.55. The first kappa shape index (κ1) is 15.9. The zero-order valence-electron chi connectivity index (χ0n) is 15.6. The van der Waals surface area contributed by atoms with E-state index in [0.717, 1.165) is 11.2 Å². The molecular formula is C22H25N3. The lowest BCUT2D eigenvalue weighted by atomic mass is 9.77. The van der Waals surface area contributed by atoms with Crippen LogP contribution in [0.1, 0.15) is 50.4 Å². The second kappa shape index (κ2) is 5.48. The predicted molar refractivity (Wildman–Crippen MR) is 105 cm³/mol. The van der Waals surface area contributed by atoms with E-state index in [1.54, 1.807) is 0 Å². The number of aromatic nitrogens is 3. The summed E-state index contributed by atoms with van der Waals surface area (Å²) in [7, 11) is 2.12. The molecule has 0 radical (unpaired) electrons. The van der Waals surface area contributed by atoms with Crippen LogP contribution in [0.25, 0.3) is 21.8 Å². The van der Waals surface area contributed by atoms with Crippen molar-refractivity contribution in [2.45, 2.75) is 39.0 Å². The summed E-state index contributed by atoms with van der Waals surface area (Å²) in [6.45, 7) is 9.00. The number of para-hydroxylation sites is 2. The number of fused-ring (bicyclic) bond motifs is 2. The quantitative estimate of drug-likeness (QED) is 0.528. The van der Waals surface area contributed by atoms with E-state index in [-0.39, 0.29) is 5.41 Å². The van der Waals surface area contributed by atoms with Gasteiger partial charge in [0.05, 0.1) is 11.2 Å². The summed E-state index contributed by atoms with van der Waals surface area (Å²) in [5, 5.41) is 10.5. The maximum absolute atomic E-state index is 4.60. The predicted octanol–water partition coefficient (Wildman–Crippen LogP) is 5.50. The number of hydrogen-bond donors (Lipinski definition) is 1. The van der Waals surface area contributed by atoms with E-state index < -0.39 is 0 Å². The van der Waals surface area contributed by atoms with E-state index in [9.17, 15) is 0 Å². The van der Waals surface area contributed by atoms with Crippen molar-refractivity contribution in [1.29, 1.82) is 0 Å². The maximum atomic E-state index is 4.60. The van der Waals surface area contributed by atoms with Gasteiger partial charge in [0, 0.05) is 34.9 Å². The molecule has 0 saturated heterocycles. The summed E-state index contributed by atoms with van der Waals surface area (Å²) in [6.07, 6.45) is 2.27. The van der Waals surface area contributed by atoms with E-state index in [2.05, 4.69) is 98.2 Å². The monoisotopic (exact) mass is 331 g/mol. The molecule has 0 aliphatic rings. The van der Waals surface area contributed by atoms with Gasteiger partial charge in [-0.05, 0) is 23.1 Å². The van der Waals surface area contributed by atoms with Gasteiger partial charge in [0.1, 0.15) is 0 Å². The average Bonchev–Trinajstić information content (AvgIpc) is 3.17. The Morgan fingerprint density at radius 2 is 1.68 bits per heavy atom. The molecule has 4 rings (SSSR count). The molecule has 0 unspecified atom stereocenters. The first-order valence-electron chi connectivity index (χ1n) is 8.93. The van der Waals surface area contributed by atoms with Crippen molar-refractivity contribution in [2.24, 2.45) is 7.05 Å². The topological polar surface area (TPSA) is 33.6 Å². The molecule has 4 aromatic rings. The van der Waals surface area contributed by atoms with Gasteiger partial charge in [-0.3, -0.25) is 5.10 Å². The molecule has 0 aliphatic carbocycles. The van der Waals surface area contributed by atoms with Crippen molar-refractivity contribution >= 4 is 21.8 Å². The van der Waals surface area contributed by atoms with E-state index in [1.165, 1.54) is 27.4 Å². The van der Waals surface area contributed by atoms with Crippen molar-refractivity contribution < 1.29 is 0 Å². The normalized spacial score (nSPS) is 12.6. The Kier molecular flexibility index (Phi) is 3.50. The first-order chi connectivity index (χ1) is 11.9. The van der Waals surface area contributed by atoms with E-state index >= 15 is 0 Å². The number of nitrogens with zero attached hydrogens (tertiary/aromatic N) is 2. The Morgan fingerprint density at radius 3 is 2.44 bits per heavy atom. The highest BCUT2D eigenvalue weighted by molar-refractivity contribution is 5.89. The third-order valence-electron chi connectivity index (χ3n) is 5.42. The summed E-state index contributed by atoms with van der Waals surface area (Å²) in [5.74, 6) is 0.407. The summed E-state index contributed by atoms with van der Waals surface area (Å²) in [5.41, 5.74) is 6.08. The van der Waals surface area contributed by atoms with Gasteiger partial charge in [0.15, 0.2) is 0 Å². The number of benzene rings is 2. The maximum Gasteiger partial charge on any atom is 0.0726 e. The Balaban J connectivity index is 1.98. The zero-order chi connectivity index (χ0) is 17.8. The third kappa shape index (κ3) is 2.30. The molecule has 0 bridgehead atoms. The number of aryl methyl sites for hydroxylation is 1. The van der Waals surface area contributed by atoms with Crippen LogP contribution < -0.4 is 0 Å². The van der Waals surface area contributed by atoms with Crippen molar-refractivity contribution in [3.05, 3.63) is 65.5 Å². The van der Waals surface area contributed by atoms with Gasteiger partial charge in [-0.15, -0.1) is 0 Å².